The number of hydrogen-bond acceptors (Lipinski definition) is 5. The van der Waals surface area contributed by atoms with Crippen LogP contribution >= 0.6 is 12.6 Å². The van der Waals surface area contributed by atoms with Gasteiger partial charge in [-0.25, -0.2) is 4.79 Å². The van der Waals surface area contributed by atoms with Crippen LogP contribution in [0.25, 0.3) is 0 Å². The highest BCUT2D eigenvalue weighted by Gasteiger charge is 2.48. The fraction of sp³-hybridized carbons (Fsp3) is 0.500. The lowest BCUT2D eigenvalue weighted by atomic mass is 9.94. The van der Waals surface area contributed by atoms with E-state index in [-0.39, 0.29) is 29.5 Å². The number of carbonyl (C=O) groups excluding carboxylic acids is 3. The molecule has 1 saturated carbocycles. The van der Waals surface area contributed by atoms with E-state index in [1.54, 1.807) is 25.7 Å². The average Bonchev–Trinajstić information content (AvgIpc) is 3.54. The van der Waals surface area contributed by atoms with Gasteiger partial charge in [-0.3, -0.25) is 9.59 Å². The number of carbonyl (C=O) groups is 3. The highest BCUT2D eigenvalue weighted by molar-refractivity contribution is 7.80. The van der Waals surface area contributed by atoms with Crippen LogP contribution in [0, 0.1) is 33.6 Å². The zero-order valence-corrected chi connectivity index (χ0v) is 24.6. The molecule has 1 aliphatic rings. The number of hydrogen-bond donors (Lipinski definition) is 3. The Labute approximate surface area is 232 Å². The molecule has 0 spiro atoms. The molecule has 1 aliphatic carbocycles. The summed E-state index contributed by atoms with van der Waals surface area (Å²) in [7, 11) is 0. The predicted molar refractivity (Wildman–Crippen MR) is 155 cm³/mol. The van der Waals surface area contributed by atoms with Crippen LogP contribution in [-0.4, -0.2) is 46.2 Å². The summed E-state index contributed by atoms with van der Waals surface area (Å²) < 4.78 is 5.40. The lowest BCUT2D eigenvalue weighted by molar-refractivity contribution is -0.141. The molecule has 2 aromatic carbocycles. The Morgan fingerprint density at radius 1 is 1.03 bits per heavy atom. The minimum absolute atomic E-state index is 0.0632. The number of amides is 3. The topological polar surface area (TPSA) is 87.7 Å². The third kappa shape index (κ3) is 6.90. The summed E-state index contributed by atoms with van der Waals surface area (Å²) in [6.07, 6.45) is 0.0761. The molecule has 0 aromatic heterocycles. The van der Waals surface area contributed by atoms with Gasteiger partial charge in [-0.05, 0) is 88.6 Å². The van der Waals surface area contributed by atoms with Gasteiger partial charge in [0.1, 0.15) is 17.7 Å². The van der Waals surface area contributed by atoms with Gasteiger partial charge in [-0.2, -0.15) is 12.6 Å². The first kappa shape index (κ1) is 29.6. The van der Waals surface area contributed by atoms with Gasteiger partial charge in [0.15, 0.2) is 0 Å². The Bertz CT molecular complexity index is 1190. The number of benzene rings is 2. The molecule has 3 rings (SSSR count). The van der Waals surface area contributed by atoms with Crippen molar-refractivity contribution >= 4 is 36.2 Å². The van der Waals surface area contributed by atoms with E-state index < -0.39 is 23.8 Å². The quantitative estimate of drug-likeness (QED) is 0.378. The third-order valence-electron chi connectivity index (χ3n) is 7.05. The second kappa shape index (κ2) is 11.8. The van der Waals surface area contributed by atoms with E-state index in [0.717, 1.165) is 39.9 Å². The van der Waals surface area contributed by atoms with Gasteiger partial charge in [-0.1, -0.05) is 43.3 Å². The molecular formula is C30H41N3O4S. The molecule has 0 saturated heterocycles. The molecule has 206 valence electrons. The smallest absolute Gasteiger partial charge is 0.408 e. The van der Waals surface area contributed by atoms with Gasteiger partial charge in [0.2, 0.25) is 5.91 Å². The summed E-state index contributed by atoms with van der Waals surface area (Å²) in [5, 5.41) is 5.80. The fourth-order valence-corrected chi connectivity index (χ4v) is 4.93. The van der Waals surface area contributed by atoms with Crippen LogP contribution in [0.1, 0.15) is 68.0 Å². The molecule has 38 heavy (non-hydrogen) atoms. The summed E-state index contributed by atoms with van der Waals surface area (Å²) >= 11 is 4.38. The molecule has 0 bridgehead atoms. The second-order valence-corrected chi connectivity index (χ2v) is 11.7. The van der Waals surface area contributed by atoms with Gasteiger partial charge in [0, 0.05) is 17.5 Å². The Hall–Kier alpha value is -3.00. The Morgan fingerprint density at radius 3 is 2.11 bits per heavy atom. The number of para-hydroxylation sites is 1. The first-order valence-corrected chi connectivity index (χ1v) is 13.7. The molecule has 1 fully saturated rings. The van der Waals surface area contributed by atoms with Crippen LogP contribution in [0.15, 0.2) is 36.4 Å². The van der Waals surface area contributed by atoms with Gasteiger partial charge >= 0.3 is 6.09 Å². The number of alkyl carbamates (subject to hydrolysis) is 1. The predicted octanol–water partition coefficient (Wildman–Crippen LogP) is 5.66. The van der Waals surface area contributed by atoms with Gasteiger partial charge in [-0.15, -0.1) is 0 Å². The SMILES string of the molecule is Cc1cccc(C(C(=O)Nc2c(C)cccc2C)N(C(=O)C(CS)NC(=O)OC(C)(C)C)C2CC2C)c1C. The molecule has 2 N–H and O–H groups in total. The van der Waals surface area contributed by atoms with Crippen molar-refractivity contribution < 1.29 is 19.1 Å². The maximum absolute atomic E-state index is 14.2. The number of thiol groups is 1. The molecule has 3 amide bonds. The lowest BCUT2D eigenvalue weighted by Gasteiger charge is -2.35. The van der Waals surface area contributed by atoms with Crippen LogP contribution in [0.5, 0.6) is 0 Å². The lowest BCUT2D eigenvalue weighted by Crippen LogP contribution is -2.54. The minimum Gasteiger partial charge on any atom is -0.444 e. The number of aryl methyl sites for hydroxylation is 3. The average molecular weight is 540 g/mol. The van der Waals surface area contributed by atoms with E-state index in [1.165, 1.54) is 0 Å². The van der Waals surface area contributed by atoms with Crippen molar-refractivity contribution in [3.05, 3.63) is 64.2 Å². The zero-order chi connectivity index (χ0) is 28.4. The fourth-order valence-electron chi connectivity index (χ4n) is 4.68. The van der Waals surface area contributed by atoms with Crippen LogP contribution in [0.4, 0.5) is 10.5 Å². The molecular weight excluding hydrogens is 498 g/mol. The summed E-state index contributed by atoms with van der Waals surface area (Å²) in [5.41, 5.74) is 4.64. The summed E-state index contributed by atoms with van der Waals surface area (Å²) in [4.78, 5) is 42.5. The maximum atomic E-state index is 14.2. The highest BCUT2D eigenvalue weighted by Crippen LogP contribution is 2.42. The molecule has 0 radical (unpaired) electrons. The second-order valence-electron chi connectivity index (χ2n) is 11.4. The molecule has 8 heteroatoms. The Balaban J connectivity index is 2.06. The van der Waals surface area contributed by atoms with Gasteiger partial charge < -0.3 is 20.3 Å². The highest BCUT2D eigenvalue weighted by atomic mass is 32.1. The van der Waals surface area contributed by atoms with Crippen LogP contribution in [0.3, 0.4) is 0 Å². The van der Waals surface area contributed by atoms with Gasteiger partial charge in [0.25, 0.3) is 5.91 Å². The molecule has 4 unspecified atom stereocenters. The molecule has 2 aromatic rings. The van der Waals surface area contributed by atoms with Crippen molar-refractivity contribution in [3.63, 3.8) is 0 Å². The van der Waals surface area contributed by atoms with E-state index in [2.05, 4.69) is 30.2 Å². The third-order valence-corrected chi connectivity index (χ3v) is 7.41. The van der Waals surface area contributed by atoms with E-state index in [9.17, 15) is 14.4 Å². The van der Waals surface area contributed by atoms with Crippen molar-refractivity contribution in [3.8, 4) is 0 Å². The zero-order valence-electron chi connectivity index (χ0n) is 23.7. The van der Waals surface area contributed by atoms with Crippen LogP contribution < -0.4 is 10.6 Å². The standard InChI is InChI=1S/C30H41N3O4S/c1-17-11-10-14-22(21(17)5)26(27(34)32-25-18(2)12-9-13-19(25)3)33(24-15-20(24)4)28(35)23(16-38)31-29(36)37-30(6,7)8/h9-14,20,23-24,26,38H,15-16H2,1-8H3,(H,31,36)(H,32,34). The van der Waals surface area contributed by atoms with Gasteiger partial charge in [0.05, 0.1) is 0 Å². The largest absolute Gasteiger partial charge is 0.444 e. The maximum Gasteiger partial charge on any atom is 0.408 e. The summed E-state index contributed by atoms with van der Waals surface area (Å²) in [6.45, 7) is 15.2. The molecule has 0 heterocycles. The molecule has 4 atom stereocenters. The first-order valence-electron chi connectivity index (χ1n) is 13.1. The van der Waals surface area contributed by atoms with Crippen LogP contribution in [0.2, 0.25) is 0 Å². The normalized spacial score (nSPS) is 18.2. The number of nitrogens with zero attached hydrogens (tertiary/aromatic N) is 1. The monoisotopic (exact) mass is 539 g/mol. The van der Waals surface area contributed by atoms with Crippen molar-refractivity contribution in [2.24, 2.45) is 5.92 Å². The molecule has 7 nitrogen and oxygen atoms in total. The Morgan fingerprint density at radius 2 is 1.58 bits per heavy atom. The van der Waals surface area contributed by atoms with Crippen molar-refractivity contribution in [1.82, 2.24) is 10.2 Å². The van der Waals surface area contributed by atoms with Crippen molar-refractivity contribution in [2.75, 3.05) is 11.1 Å². The Kier molecular flexibility index (Phi) is 9.18. The number of ether oxygens (including phenoxy) is 1. The summed E-state index contributed by atoms with van der Waals surface area (Å²) in [6, 6.07) is 9.66. The van der Waals surface area contributed by atoms with Crippen molar-refractivity contribution in [1.29, 1.82) is 0 Å². The molecule has 0 aliphatic heterocycles. The number of anilines is 1. The van der Waals surface area contributed by atoms with E-state index in [0.29, 0.717) is 0 Å². The van der Waals surface area contributed by atoms with E-state index >= 15 is 0 Å². The van der Waals surface area contributed by atoms with Crippen LogP contribution in [-0.2, 0) is 14.3 Å². The van der Waals surface area contributed by atoms with Crippen molar-refractivity contribution in [2.45, 2.75) is 85.5 Å². The minimum atomic E-state index is -0.957. The van der Waals surface area contributed by atoms with E-state index in [4.69, 9.17) is 4.74 Å². The number of nitrogens with one attached hydrogen (secondary N) is 2. The van der Waals surface area contributed by atoms with E-state index in [1.807, 2.05) is 64.1 Å². The first-order chi connectivity index (χ1) is 17.7. The summed E-state index contributed by atoms with van der Waals surface area (Å²) in [5.74, 6) is -0.364. The number of rotatable bonds is 8.